The van der Waals surface area contributed by atoms with E-state index in [2.05, 4.69) is 19.1 Å². The van der Waals surface area contributed by atoms with Crippen molar-refractivity contribution in [1.29, 1.82) is 0 Å². The molecule has 1 heterocycles. The summed E-state index contributed by atoms with van der Waals surface area (Å²) in [6, 6.07) is 12.0. The van der Waals surface area contributed by atoms with Gasteiger partial charge in [0.2, 0.25) is 0 Å². The highest BCUT2D eigenvalue weighted by atomic mass is 16.3. The molecule has 2 heteroatoms. The van der Waals surface area contributed by atoms with Crippen LogP contribution in [0, 0.1) is 0 Å². The van der Waals surface area contributed by atoms with Crippen LogP contribution in [0.2, 0.25) is 0 Å². The summed E-state index contributed by atoms with van der Waals surface area (Å²) in [6.07, 6.45) is 0.863. The molecular weight excluding hydrogens is 171 g/mol. The Morgan fingerprint density at radius 3 is 2.57 bits per heavy atom. The lowest BCUT2D eigenvalue weighted by molar-refractivity contribution is 0.547. The fourth-order valence-electron chi connectivity index (χ4n) is 1.57. The van der Waals surface area contributed by atoms with Gasteiger partial charge in [0, 0.05) is 17.6 Å². The Labute approximate surface area is 85.2 Å². The Kier molecular flexibility index (Phi) is 2.44. The number of benzene rings is 1. The second-order valence-electron chi connectivity index (χ2n) is 3.21. The van der Waals surface area contributed by atoms with Crippen molar-refractivity contribution in [2.24, 2.45) is 0 Å². The van der Waals surface area contributed by atoms with Gasteiger partial charge in [-0.1, -0.05) is 37.3 Å². The van der Waals surface area contributed by atoms with E-state index in [1.54, 1.807) is 0 Å². The second kappa shape index (κ2) is 3.75. The third-order valence-corrected chi connectivity index (χ3v) is 2.23. The molecular formula is C12H11BO. The molecule has 0 fully saturated rings. The van der Waals surface area contributed by atoms with Crippen LogP contribution in [0.25, 0.3) is 11.1 Å². The molecule has 0 aliphatic rings. The monoisotopic (exact) mass is 182 g/mol. The molecule has 0 aliphatic carbocycles. The number of hydrogen-bond donors (Lipinski definition) is 0. The smallest absolute Gasteiger partial charge is 0.167 e. The summed E-state index contributed by atoms with van der Waals surface area (Å²) < 4.78 is 5.40. The summed E-state index contributed by atoms with van der Waals surface area (Å²) in [4.78, 5) is 0. The zero-order chi connectivity index (χ0) is 9.97. The van der Waals surface area contributed by atoms with Crippen LogP contribution in [-0.2, 0) is 6.42 Å². The van der Waals surface area contributed by atoms with E-state index >= 15 is 0 Å². The molecule has 0 unspecified atom stereocenters. The van der Waals surface area contributed by atoms with Crippen molar-refractivity contribution in [3.8, 4) is 11.1 Å². The van der Waals surface area contributed by atoms with Gasteiger partial charge in [0.05, 0.1) is 0 Å². The molecule has 2 radical (unpaired) electrons. The first-order valence-electron chi connectivity index (χ1n) is 4.75. The predicted molar refractivity (Wildman–Crippen MR) is 58.9 cm³/mol. The van der Waals surface area contributed by atoms with E-state index in [4.69, 9.17) is 12.3 Å². The summed E-state index contributed by atoms with van der Waals surface area (Å²) in [7, 11) is 5.63. The number of aryl methyl sites for hydroxylation is 1. The van der Waals surface area contributed by atoms with E-state index in [-0.39, 0.29) is 0 Å². The molecule has 0 saturated carbocycles. The van der Waals surface area contributed by atoms with Crippen molar-refractivity contribution in [2.45, 2.75) is 13.3 Å². The largest absolute Gasteiger partial charge is 0.477 e. The number of hydrogen-bond acceptors (Lipinski definition) is 1. The molecule has 14 heavy (non-hydrogen) atoms. The lowest BCUT2D eigenvalue weighted by atomic mass is 10.0. The zero-order valence-electron chi connectivity index (χ0n) is 8.16. The molecule has 0 N–H and O–H groups in total. The van der Waals surface area contributed by atoms with Gasteiger partial charge in [0.25, 0.3) is 0 Å². The van der Waals surface area contributed by atoms with Gasteiger partial charge in [-0.15, -0.1) is 0 Å². The van der Waals surface area contributed by atoms with E-state index < -0.39 is 0 Å². The third kappa shape index (κ3) is 1.60. The van der Waals surface area contributed by atoms with Crippen LogP contribution in [-0.4, -0.2) is 7.85 Å². The van der Waals surface area contributed by atoms with Gasteiger partial charge in [-0.3, -0.25) is 0 Å². The lowest BCUT2D eigenvalue weighted by Crippen LogP contribution is -1.93. The molecule has 0 aliphatic heterocycles. The maximum Gasteiger partial charge on any atom is 0.167 e. The molecule has 68 valence electrons. The van der Waals surface area contributed by atoms with Crippen molar-refractivity contribution in [3.05, 3.63) is 42.2 Å². The van der Waals surface area contributed by atoms with Gasteiger partial charge in [0.1, 0.15) is 5.76 Å². The quantitative estimate of drug-likeness (QED) is 0.649. The summed E-state index contributed by atoms with van der Waals surface area (Å²) in [5.74, 6) is 0.953. The average molecular weight is 182 g/mol. The standard InChI is InChI=1S/C12H11BO/c1-2-11-10(8-12(13)14-11)9-6-4-3-5-7-9/h3-8H,2H2,1H3. The summed E-state index contributed by atoms with van der Waals surface area (Å²) in [5.41, 5.74) is 2.75. The molecule has 0 saturated heterocycles. The maximum absolute atomic E-state index is 5.63. The van der Waals surface area contributed by atoms with Gasteiger partial charge in [-0.05, 0) is 11.6 Å². The van der Waals surface area contributed by atoms with Crippen molar-refractivity contribution < 1.29 is 4.42 Å². The fourth-order valence-corrected chi connectivity index (χ4v) is 1.57. The highest BCUT2D eigenvalue weighted by Crippen LogP contribution is 2.23. The number of rotatable bonds is 2. The van der Waals surface area contributed by atoms with Crippen LogP contribution < -0.4 is 5.66 Å². The molecule has 1 aromatic carbocycles. The van der Waals surface area contributed by atoms with Crippen LogP contribution in [0.4, 0.5) is 0 Å². The van der Waals surface area contributed by atoms with Gasteiger partial charge in [-0.25, -0.2) is 0 Å². The molecule has 2 aromatic rings. The van der Waals surface area contributed by atoms with E-state index in [0.29, 0.717) is 5.66 Å². The van der Waals surface area contributed by atoms with Crippen LogP contribution in [0.3, 0.4) is 0 Å². The van der Waals surface area contributed by atoms with Gasteiger partial charge >= 0.3 is 0 Å². The first kappa shape index (κ1) is 9.13. The Hall–Kier alpha value is -1.44. The molecule has 0 bridgehead atoms. The van der Waals surface area contributed by atoms with Gasteiger partial charge in [-0.2, -0.15) is 0 Å². The molecule has 0 amide bonds. The van der Waals surface area contributed by atoms with Crippen LogP contribution in [0.1, 0.15) is 12.7 Å². The average Bonchev–Trinajstić information content (AvgIpc) is 2.61. The predicted octanol–water partition coefficient (Wildman–Crippen LogP) is 2.30. The normalized spacial score (nSPS) is 10.4. The fraction of sp³-hybridized carbons (Fsp3) is 0.167. The SMILES string of the molecule is [B]c1cc(-c2ccccc2)c(CC)o1. The highest BCUT2D eigenvalue weighted by molar-refractivity contribution is 6.30. The van der Waals surface area contributed by atoms with E-state index in [1.165, 1.54) is 0 Å². The highest BCUT2D eigenvalue weighted by Gasteiger charge is 2.07. The minimum Gasteiger partial charge on any atom is -0.477 e. The molecule has 0 atom stereocenters. The third-order valence-electron chi connectivity index (χ3n) is 2.23. The Morgan fingerprint density at radius 2 is 1.93 bits per heavy atom. The first-order valence-corrected chi connectivity index (χ1v) is 4.75. The number of furan rings is 1. The van der Waals surface area contributed by atoms with E-state index in [1.807, 2.05) is 24.3 Å². The topological polar surface area (TPSA) is 13.1 Å². The van der Waals surface area contributed by atoms with Crippen LogP contribution in [0.15, 0.2) is 40.8 Å². The zero-order valence-corrected chi connectivity index (χ0v) is 8.16. The maximum atomic E-state index is 5.63. The second-order valence-corrected chi connectivity index (χ2v) is 3.21. The summed E-state index contributed by atoms with van der Waals surface area (Å²) >= 11 is 0. The minimum absolute atomic E-state index is 0.487. The van der Waals surface area contributed by atoms with Crippen molar-refractivity contribution in [3.63, 3.8) is 0 Å². The van der Waals surface area contributed by atoms with Crippen LogP contribution in [0.5, 0.6) is 0 Å². The van der Waals surface area contributed by atoms with Gasteiger partial charge < -0.3 is 4.42 Å². The van der Waals surface area contributed by atoms with E-state index in [0.717, 1.165) is 23.3 Å². The van der Waals surface area contributed by atoms with Crippen molar-refractivity contribution in [1.82, 2.24) is 0 Å². The first-order chi connectivity index (χ1) is 6.81. The molecule has 1 nitrogen and oxygen atoms in total. The van der Waals surface area contributed by atoms with Crippen LogP contribution >= 0.6 is 0 Å². The van der Waals surface area contributed by atoms with Gasteiger partial charge in [0.15, 0.2) is 7.85 Å². The Balaban J connectivity index is 2.51. The van der Waals surface area contributed by atoms with Crippen molar-refractivity contribution >= 4 is 13.5 Å². The molecule has 2 rings (SSSR count). The Bertz CT molecular complexity index is 417. The minimum atomic E-state index is 0.487. The molecule has 0 spiro atoms. The summed E-state index contributed by atoms with van der Waals surface area (Å²) in [6.45, 7) is 2.06. The van der Waals surface area contributed by atoms with E-state index in [9.17, 15) is 0 Å². The Morgan fingerprint density at radius 1 is 1.21 bits per heavy atom. The van der Waals surface area contributed by atoms with Crippen molar-refractivity contribution in [2.75, 3.05) is 0 Å². The summed E-state index contributed by atoms with van der Waals surface area (Å²) in [5, 5.41) is 0. The lowest BCUT2D eigenvalue weighted by Gasteiger charge is -1.99. The molecule has 1 aromatic heterocycles.